The SMILES string of the molecule is [CH2]NCCCS(=O)(=O)c1ccccc1. The fraction of sp³-hybridized carbons (Fsp3) is 0.300. The van der Waals surface area contributed by atoms with Gasteiger partial charge in [-0.15, -0.1) is 0 Å². The lowest BCUT2D eigenvalue weighted by molar-refractivity contribution is 0.592. The van der Waals surface area contributed by atoms with Gasteiger partial charge in [0.2, 0.25) is 0 Å². The van der Waals surface area contributed by atoms with Crippen LogP contribution in [0, 0.1) is 7.05 Å². The van der Waals surface area contributed by atoms with Gasteiger partial charge in [-0.3, -0.25) is 0 Å². The van der Waals surface area contributed by atoms with E-state index in [1.807, 2.05) is 0 Å². The van der Waals surface area contributed by atoms with Gasteiger partial charge in [-0.05, 0) is 25.1 Å². The van der Waals surface area contributed by atoms with E-state index in [0.717, 1.165) is 0 Å². The zero-order valence-electron chi connectivity index (χ0n) is 7.94. The number of benzene rings is 1. The first-order valence-electron chi connectivity index (χ1n) is 4.44. The van der Waals surface area contributed by atoms with Crippen molar-refractivity contribution in [3.05, 3.63) is 37.4 Å². The molecule has 0 heterocycles. The molecule has 1 aromatic carbocycles. The molecule has 0 aliphatic heterocycles. The molecule has 0 saturated carbocycles. The van der Waals surface area contributed by atoms with Gasteiger partial charge in [0.15, 0.2) is 9.84 Å². The van der Waals surface area contributed by atoms with Crippen LogP contribution in [0.1, 0.15) is 6.42 Å². The van der Waals surface area contributed by atoms with Crippen LogP contribution in [-0.2, 0) is 9.84 Å². The van der Waals surface area contributed by atoms with Crippen LogP contribution in [0.15, 0.2) is 35.2 Å². The van der Waals surface area contributed by atoms with E-state index >= 15 is 0 Å². The van der Waals surface area contributed by atoms with E-state index in [1.165, 1.54) is 0 Å². The Morgan fingerprint density at radius 3 is 2.43 bits per heavy atom. The molecule has 1 radical (unpaired) electrons. The number of nitrogens with one attached hydrogen (secondary N) is 1. The van der Waals surface area contributed by atoms with Crippen molar-refractivity contribution in [2.75, 3.05) is 12.3 Å². The highest BCUT2D eigenvalue weighted by atomic mass is 32.2. The van der Waals surface area contributed by atoms with Crippen molar-refractivity contribution in [3.8, 4) is 0 Å². The quantitative estimate of drug-likeness (QED) is 0.747. The Balaban J connectivity index is 2.67. The molecule has 0 saturated heterocycles. The molecule has 0 fully saturated rings. The zero-order chi connectivity index (χ0) is 10.4. The Morgan fingerprint density at radius 2 is 1.86 bits per heavy atom. The lowest BCUT2D eigenvalue weighted by Crippen LogP contribution is -2.13. The lowest BCUT2D eigenvalue weighted by atomic mass is 10.4. The number of hydrogen-bond donors (Lipinski definition) is 1. The number of hydrogen-bond acceptors (Lipinski definition) is 3. The number of sulfone groups is 1. The fourth-order valence-corrected chi connectivity index (χ4v) is 2.46. The minimum atomic E-state index is -3.10. The fourth-order valence-electron chi connectivity index (χ4n) is 1.13. The molecule has 3 nitrogen and oxygen atoms in total. The maximum Gasteiger partial charge on any atom is 0.178 e. The summed E-state index contributed by atoms with van der Waals surface area (Å²) in [5.74, 6) is 0.166. The van der Waals surface area contributed by atoms with Gasteiger partial charge in [-0.1, -0.05) is 18.2 Å². The monoisotopic (exact) mass is 212 g/mol. The Bertz CT molecular complexity index is 359. The molecule has 0 aliphatic rings. The molecular formula is C10H14NO2S. The van der Waals surface area contributed by atoms with Crippen molar-refractivity contribution in [2.45, 2.75) is 11.3 Å². The summed E-state index contributed by atoms with van der Waals surface area (Å²) in [5.41, 5.74) is 0. The second-order valence-corrected chi connectivity index (χ2v) is 5.09. The zero-order valence-corrected chi connectivity index (χ0v) is 8.76. The van der Waals surface area contributed by atoms with Crippen LogP contribution in [-0.4, -0.2) is 20.7 Å². The first kappa shape index (κ1) is 11.2. The Kier molecular flexibility index (Phi) is 4.10. The van der Waals surface area contributed by atoms with Crippen LogP contribution in [0.5, 0.6) is 0 Å². The second-order valence-electron chi connectivity index (χ2n) is 2.99. The van der Waals surface area contributed by atoms with Gasteiger partial charge in [0.05, 0.1) is 10.6 Å². The Hall–Kier alpha value is -0.870. The van der Waals surface area contributed by atoms with Crippen LogP contribution >= 0.6 is 0 Å². The Labute approximate surface area is 85.1 Å². The highest BCUT2D eigenvalue weighted by Gasteiger charge is 2.12. The maximum absolute atomic E-state index is 11.7. The highest BCUT2D eigenvalue weighted by molar-refractivity contribution is 7.91. The van der Waals surface area contributed by atoms with Crippen molar-refractivity contribution in [1.29, 1.82) is 0 Å². The molecule has 0 unspecified atom stereocenters. The van der Waals surface area contributed by atoms with Crippen molar-refractivity contribution in [2.24, 2.45) is 0 Å². The second kappa shape index (κ2) is 5.12. The minimum Gasteiger partial charge on any atom is -0.315 e. The topological polar surface area (TPSA) is 46.2 Å². The first-order chi connectivity index (χ1) is 6.67. The molecule has 0 spiro atoms. The third-order valence-corrected chi connectivity index (χ3v) is 3.69. The predicted octanol–water partition coefficient (Wildman–Crippen LogP) is 1.23. The normalized spacial score (nSPS) is 11.5. The van der Waals surface area contributed by atoms with E-state index < -0.39 is 9.84 Å². The average molecular weight is 212 g/mol. The van der Waals surface area contributed by atoms with Gasteiger partial charge in [0, 0.05) is 7.05 Å². The maximum atomic E-state index is 11.7. The summed E-state index contributed by atoms with van der Waals surface area (Å²) in [7, 11) is 0.333. The molecule has 1 rings (SSSR count). The van der Waals surface area contributed by atoms with Crippen LogP contribution in [0.2, 0.25) is 0 Å². The summed E-state index contributed by atoms with van der Waals surface area (Å²) in [6, 6.07) is 8.50. The summed E-state index contributed by atoms with van der Waals surface area (Å²) in [5, 5.41) is 2.68. The van der Waals surface area contributed by atoms with E-state index in [9.17, 15) is 8.42 Å². The molecule has 0 amide bonds. The van der Waals surface area contributed by atoms with E-state index in [1.54, 1.807) is 30.3 Å². The molecule has 4 heteroatoms. The van der Waals surface area contributed by atoms with E-state index in [4.69, 9.17) is 0 Å². The van der Waals surface area contributed by atoms with Crippen LogP contribution in [0.25, 0.3) is 0 Å². The third kappa shape index (κ3) is 3.12. The van der Waals surface area contributed by atoms with Crippen molar-refractivity contribution in [1.82, 2.24) is 5.32 Å². The third-order valence-electron chi connectivity index (χ3n) is 1.87. The molecule has 14 heavy (non-hydrogen) atoms. The van der Waals surface area contributed by atoms with E-state index in [0.29, 0.717) is 17.9 Å². The highest BCUT2D eigenvalue weighted by Crippen LogP contribution is 2.10. The van der Waals surface area contributed by atoms with Gasteiger partial charge in [-0.2, -0.15) is 0 Å². The van der Waals surface area contributed by atoms with E-state index in [-0.39, 0.29) is 5.75 Å². The van der Waals surface area contributed by atoms with Crippen LogP contribution in [0.4, 0.5) is 0 Å². The summed E-state index contributed by atoms with van der Waals surface area (Å²) in [4.78, 5) is 0.393. The van der Waals surface area contributed by atoms with Gasteiger partial charge >= 0.3 is 0 Å². The average Bonchev–Trinajstić information content (AvgIpc) is 2.19. The van der Waals surface area contributed by atoms with Gasteiger partial charge in [-0.25, -0.2) is 8.42 Å². The van der Waals surface area contributed by atoms with Crippen molar-refractivity contribution < 1.29 is 8.42 Å². The van der Waals surface area contributed by atoms with Crippen LogP contribution < -0.4 is 5.32 Å². The van der Waals surface area contributed by atoms with Crippen molar-refractivity contribution in [3.63, 3.8) is 0 Å². The standard InChI is InChI=1S/C10H14NO2S/c1-11-8-5-9-14(12,13)10-6-3-2-4-7-10/h2-4,6-7,11H,1,5,8-9H2. The summed E-state index contributed by atoms with van der Waals surface area (Å²) in [6.07, 6.45) is 0.584. The van der Waals surface area contributed by atoms with Gasteiger partial charge < -0.3 is 5.32 Å². The van der Waals surface area contributed by atoms with Gasteiger partial charge in [0.1, 0.15) is 0 Å². The molecule has 77 valence electrons. The molecular weight excluding hydrogens is 198 g/mol. The molecule has 1 aromatic rings. The minimum absolute atomic E-state index is 0.166. The summed E-state index contributed by atoms with van der Waals surface area (Å²) < 4.78 is 23.3. The van der Waals surface area contributed by atoms with Crippen LogP contribution in [0.3, 0.4) is 0 Å². The lowest BCUT2D eigenvalue weighted by Gasteiger charge is -2.03. The first-order valence-corrected chi connectivity index (χ1v) is 6.10. The molecule has 0 aromatic heterocycles. The molecule has 0 aliphatic carbocycles. The van der Waals surface area contributed by atoms with Gasteiger partial charge in [0.25, 0.3) is 0 Å². The molecule has 0 bridgehead atoms. The predicted molar refractivity (Wildman–Crippen MR) is 56.5 cm³/mol. The van der Waals surface area contributed by atoms with Crippen molar-refractivity contribution >= 4 is 9.84 Å². The summed E-state index contributed by atoms with van der Waals surface area (Å²) in [6.45, 7) is 0.617. The molecule has 0 atom stereocenters. The molecule has 1 N–H and O–H groups in total. The number of rotatable bonds is 5. The largest absolute Gasteiger partial charge is 0.315 e. The smallest absolute Gasteiger partial charge is 0.178 e. The van der Waals surface area contributed by atoms with E-state index in [2.05, 4.69) is 12.4 Å². The Morgan fingerprint density at radius 1 is 1.21 bits per heavy atom. The summed E-state index contributed by atoms with van der Waals surface area (Å²) >= 11 is 0.